The monoisotopic (exact) mass is 495 g/mol. The number of halogens is 2. The van der Waals surface area contributed by atoms with Crippen molar-refractivity contribution in [3.05, 3.63) is 64.1 Å². The normalized spacial score (nSPS) is 19.2. The minimum absolute atomic E-state index is 0.0194. The minimum atomic E-state index is -3.74. The Morgan fingerprint density at radius 1 is 0.906 bits per heavy atom. The molecule has 0 N–H and O–H groups in total. The van der Waals surface area contributed by atoms with Gasteiger partial charge in [-0.25, -0.2) is 8.42 Å². The summed E-state index contributed by atoms with van der Waals surface area (Å²) in [6.45, 7) is 4.61. The van der Waals surface area contributed by atoms with Gasteiger partial charge in [0.2, 0.25) is 15.9 Å². The van der Waals surface area contributed by atoms with Gasteiger partial charge >= 0.3 is 0 Å². The number of benzene rings is 2. The Labute approximate surface area is 199 Å². The van der Waals surface area contributed by atoms with Gasteiger partial charge in [0.05, 0.1) is 5.02 Å². The lowest BCUT2D eigenvalue weighted by molar-refractivity contribution is -0.138. The third-order valence-corrected chi connectivity index (χ3v) is 8.86. The maximum atomic E-state index is 13.0. The van der Waals surface area contributed by atoms with Crippen LogP contribution in [0.15, 0.2) is 53.4 Å². The van der Waals surface area contributed by atoms with E-state index in [2.05, 4.69) is 17.0 Å². The van der Waals surface area contributed by atoms with Crippen LogP contribution in [-0.2, 0) is 21.4 Å². The molecule has 0 spiro atoms. The van der Waals surface area contributed by atoms with Crippen molar-refractivity contribution in [2.45, 2.75) is 24.3 Å². The van der Waals surface area contributed by atoms with E-state index >= 15 is 0 Å². The molecule has 0 bridgehead atoms. The molecule has 1 amide bonds. The topological polar surface area (TPSA) is 60.9 Å². The zero-order valence-electron chi connectivity index (χ0n) is 17.8. The SMILES string of the molecule is O=C(C1CCN(S(=O)(=O)c2cc(Cl)ccc2Cl)CC1)N1CCN(Cc2ccccc2)CC1. The second kappa shape index (κ2) is 10.1. The molecule has 6 nitrogen and oxygen atoms in total. The smallest absolute Gasteiger partial charge is 0.244 e. The Hall–Kier alpha value is -1.64. The zero-order chi connectivity index (χ0) is 22.7. The quantitative estimate of drug-likeness (QED) is 0.633. The Morgan fingerprint density at radius 3 is 2.22 bits per heavy atom. The van der Waals surface area contributed by atoms with E-state index < -0.39 is 10.0 Å². The second-order valence-electron chi connectivity index (χ2n) is 8.34. The van der Waals surface area contributed by atoms with Crippen LogP contribution in [0.1, 0.15) is 18.4 Å². The van der Waals surface area contributed by atoms with Crippen LogP contribution in [-0.4, -0.2) is 67.7 Å². The first-order chi connectivity index (χ1) is 15.3. The van der Waals surface area contributed by atoms with Gasteiger partial charge < -0.3 is 4.90 Å². The molecule has 2 heterocycles. The fourth-order valence-electron chi connectivity index (χ4n) is 4.38. The van der Waals surface area contributed by atoms with Crippen molar-refractivity contribution >= 4 is 39.1 Å². The van der Waals surface area contributed by atoms with Crippen LogP contribution in [0.5, 0.6) is 0 Å². The van der Waals surface area contributed by atoms with E-state index in [-0.39, 0.29) is 21.7 Å². The van der Waals surface area contributed by atoms with Crippen molar-refractivity contribution in [3.8, 4) is 0 Å². The molecule has 2 aromatic carbocycles. The number of hydrogen-bond donors (Lipinski definition) is 0. The Morgan fingerprint density at radius 2 is 1.56 bits per heavy atom. The number of nitrogens with zero attached hydrogens (tertiary/aromatic N) is 3. The number of amides is 1. The molecule has 4 rings (SSSR count). The van der Waals surface area contributed by atoms with Crippen LogP contribution in [0, 0.1) is 5.92 Å². The lowest BCUT2D eigenvalue weighted by Crippen LogP contribution is -2.51. The minimum Gasteiger partial charge on any atom is -0.340 e. The summed E-state index contributed by atoms with van der Waals surface area (Å²) in [5.41, 5.74) is 1.28. The van der Waals surface area contributed by atoms with E-state index in [4.69, 9.17) is 23.2 Å². The van der Waals surface area contributed by atoms with Crippen molar-refractivity contribution < 1.29 is 13.2 Å². The zero-order valence-corrected chi connectivity index (χ0v) is 20.1. The molecule has 0 saturated carbocycles. The van der Waals surface area contributed by atoms with Crippen LogP contribution in [0.25, 0.3) is 0 Å². The maximum Gasteiger partial charge on any atom is 0.244 e. The van der Waals surface area contributed by atoms with Gasteiger partial charge in [-0.3, -0.25) is 9.69 Å². The van der Waals surface area contributed by atoms with Gasteiger partial charge in [0.25, 0.3) is 0 Å². The standard InChI is InChI=1S/C23H27Cl2N3O3S/c24-20-6-7-21(25)22(16-20)32(30,31)28-10-8-19(9-11-28)23(29)27-14-12-26(13-15-27)17-18-4-2-1-3-5-18/h1-7,16,19H,8-15,17H2. The number of rotatable bonds is 5. The number of carbonyl (C=O) groups excluding carboxylic acids is 1. The first-order valence-electron chi connectivity index (χ1n) is 10.8. The van der Waals surface area contributed by atoms with Crippen LogP contribution < -0.4 is 0 Å². The largest absolute Gasteiger partial charge is 0.340 e. The lowest BCUT2D eigenvalue weighted by Gasteiger charge is -2.38. The molecule has 172 valence electrons. The Bertz CT molecular complexity index is 1050. The molecule has 0 atom stereocenters. The molecule has 0 unspecified atom stereocenters. The first kappa shape index (κ1) is 23.5. The van der Waals surface area contributed by atoms with Crippen molar-refractivity contribution in [1.82, 2.24) is 14.1 Å². The molecule has 0 aromatic heterocycles. The molecule has 2 saturated heterocycles. The predicted molar refractivity (Wildman–Crippen MR) is 126 cm³/mol. The predicted octanol–water partition coefficient (Wildman–Crippen LogP) is 3.74. The highest BCUT2D eigenvalue weighted by Gasteiger charge is 2.35. The van der Waals surface area contributed by atoms with E-state index in [1.54, 1.807) is 6.07 Å². The summed E-state index contributed by atoms with van der Waals surface area (Å²) >= 11 is 12.1. The first-order valence-corrected chi connectivity index (χ1v) is 13.0. The highest BCUT2D eigenvalue weighted by atomic mass is 35.5. The Kier molecular flexibility index (Phi) is 7.42. The molecule has 0 aliphatic carbocycles. The molecule has 2 aliphatic rings. The average molecular weight is 496 g/mol. The molecule has 32 heavy (non-hydrogen) atoms. The summed E-state index contributed by atoms with van der Waals surface area (Å²) in [5.74, 6) is -0.000784. The maximum absolute atomic E-state index is 13.0. The van der Waals surface area contributed by atoms with Gasteiger partial charge in [-0.1, -0.05) is 53.5 Å². The van der Waals surface area contributed by atoms with Crippen molar-refractivity contribution in [2.75, 3.05) is 39.3 Å². The van der Waals surface area contributed by atoms with E-state index in [0.717, 1.165) is 19.6 Å². The molecular weight excluding hydrogens is 469 g/mol. The van der Waals surface area contributed by atoms with E-state index in [0.29, 0.717) is 44.0 Å². The number of hydrogen-bond acceptors (Lipinski definition) is 4. The highest BCUT2D eigenvalue weighted by Crippen LogP contribution is 2.31. The van der Waals surface area contributed by atoms with Gasteiger partial charge in [-0.15, -0.1) is 0 Å². The van der Waals surface area contributed by atoms with Crippen LogP contribution in [0.4, 0.5) is 0 Å². The summed E-state index contributed by atoms with van der Waals surface area (Å²) in [6, 6.07) is 14.8. The van der Waals surface area contributed by atoms with Gasteiger partial charge in [0.15, 0.2) is 0 Å². The van der Waals surface area contributed by atoms with Gasteiger partial charge in [0, 0.05) is 56.8 Å². The van der Waals surface area contributed by atoms with Gasteiger partial charge in [0.1, 0.15) is 4.90 Å². The van der Waals surface area contributed by atoms with E-state index in [1.165, 1.54) is 22.0 Å². The highest BCUT2D eigenvalue weighted by molar-refractivity contribution is 7.89. The van der Waals surface area contributed by atoms with Crippen LogP contribution in [0.2, 0.25) is 10.0 Å². The van der Waals surface area contributed by atoms with Gasteiger partial charge in [-0.2, -0.15) is 4.31 Å². The fraction of sp³-hybridized carbons (Fsp3) is 0.435. The summed E-state index contributed by atoms with van der Waals surface area (Å²) in [4.78, 5) is 17.4. The molecule has 0 radical (unpaired) electrons. The Balaban J connectivity index is 1.30. The summed E-state index contributed by atoms with van der Waals surface area (Å²) in [5, 5.41) is 0.477. The summed E-state index contributed by atoms with van der Waals surface area (Å²) in [6.07, 6.45) is 1.03. The average Bonchev–Trinajstić information content (AvgIpc) is 2.81. The van der Waals surface area contributed by atoms with E-state index in [9.17, 15) is 13.2 Å². The third kappa shape index (κ3) is 5.29. The molecule has 9 heteroatoms. The van der Waals surface area contributed by atoms with Gasteiger partial charge in [-0.05, 0) is 36.6 Å². The number of piperazine rings is 1. The van der Waals surface area contributed by atoms with Crippen molar-refractivity contribution in [2.24, 2.45) is 5.92 Å². The third-order valence-electron chi connectivity index (χ3n) is 6.25. The molecule has 2 aliphatic heterocycles. The summed E-state index contributed by atoms with van der Waals surface area (Å²) < 4.78 is 27.4. The number of carbonyl (C=O) groups is 1. The molecule has 2 fully saturated rings. The summed E-state index contributed by atoms with van der Waals surface area (Å²) in [7, 11) is -3.74. The lowest BCUT2D eigenvalue weighted by atomic mass is 9.96. The molecule has 2 aromatic rings. The van der Waals surface area contributed by atoms with Crippen LogP contribution in [0.3, 0.4) is 0 Å². The van der Waals surface area contributed by atoms with Crippen LogP contribution >= 0.6 is 23.2 Å². The number of sulfonamides is 1. The van der Waals surface area contributed by atoms with E-state index in [1.807, 2.05) is 23.1 Å². The van der Waals surface area contributed by atoms with Crippen molar-refractivity contribution in [1.29, 1.82) is 0 Å². The van der Waals surface area contributed by atoms with Crippen molar-refractivity contribution in [3.63, 3.8) is 0 Å². The second-order valence-corrected chi connectivity index (χ2v) is 11.1. The molecular formula is C23H27Cl2N3O3S. The fourth-order valence-corrected chi connectivity index (χ4v) is 6.59. The number of piperidine rings is 1.